The Hall–Kier alpha value is -2.05. The molecule has 0 spiro atoms. The van der Waals surface area contributed by atoms with Crippen LogP contribution in [0, 0.1) is 0 Å². The zero-order chi connectivity index (χ0) is 18.2. The molecule has 1 unspecified atom stereocenters. The quantitative estimate of drug-likeness (QED) is 0.764. The van der Waals surface area contributed by atoms with E-state index in [9.17, 15) is 9.90 Å². The van der Waals surface area contributed by atoms with Crippen LogP contribution in [0.15, 0.2) is 53.6 Å². The number of benzene rings is 1. The van der Waals surface area contributed by atoms with Crippen molar-refractivity contribution in [3.8, 4) is 5.75 Å². The fraction of sp³-hybridized carbons (Fsp3) is 0.400. The van der Waals surface area contributed by atoms with Gasteiger partial charge < -0.3 is 15.3 Å². The summed E-state index contributed by atoms with van der Waals surface area (Å²) in [7, 11) is 0. The predicted octanol–water partition coefficient (Wildman–Crippen LogP) is 3.05. The molecule has 1 amide bonds. The first-order valence-corrected chi connectivity index (χ1v) is 10.0. The minimum absolute atomic E-state index is 0.139. The number of rotatable bonds is 6. The maximum atomic E-state index is 13.0. The van der Waals surface area contributed by atoms with E-state index in [2.05, 4.69) is 10.3 Å². The lowest BCUT2D eigenvalue weighted by Crippen LogP contribution is -2.41. The van der Waals surface area contributed by atoms with E-state index >= 15 is 0 Å². The van der Waals surface area contributed by atoms with Gasteiger partial charge in [-0.3, -0.25) is 9.78 Å². The number of carbonyl (C=O) groups excluding carboxylic acids is 1. The number of amides is 1. The maximum Gasteiger partial charge on any atom is 0.233 e. The summed E-state index contributed by atoms with van der Waals surface area (Å²) in [6.07, 6.45) is 4.86. The van der Waals surface area contributed by atoms with Gasteiger partial charge in [0, 0.05) is 17.1 Å². The zero-order valence-corrected chi connectivity index (χ0v) is 15.6. The molecule has 3 rings (SSSR count). The number of hydrogen-bond acceptors (Lipinski definition) is 5. The lowest BCUT2D eigenvalue weighted by atomic mass is 10.1. The van der Waals surface area contributed by atoms with Crippen molar-refractivity contribution in [3.63, 3.8) is 0 Å². The lowest BCUT2D eigenvalue weighted by Gasteiger charge is -2.31. The molecule has 1 aromatic carbocycles. The first kappa shape index (κ1) is 18.7. The second kappa shape index (κ2) is 9.59. The highest BCUT2D eigenvalue weighted by atomic mass is 32.2. The highest BCUT2D eigenvalue weighted by Crippen LogP contribution is 2.23. The van der Waals surface area contributed by atoms with Crippen molar-refractivity contribution in [2.45, 2.75) is 36.7 Å². The molecule has 1 aliphatic rings. The van der Waals surface area contributed by atoms with E-state index in [-0.39, 0.29) is 17.7 Å². The Balaban J connectivity index is 1.68. The van der Waals surface area contributed by atoms with E-state index in [1.165, 1.54) is 11.8 Å². The normalized spacial score (nSPS) is 17.5. The standard InChI is InChI=1S/C20H25N3O2S/c24-18-6-8-19(9-7-18)26-15-20(25)23(14-16-4-1-2-12-22-16)17-5-3-11-21-13-10-17/h1-2,4,6-9,12,17,21,24H,3,5,10-11,13-15H2. The van der Waals surface area contributed by atoms with Gasteiger partial charge in [-0.15, -0.1) is 11.8 Å². The van der Waals surface area contributed by atoms with Gasteiger partial charge in [0.15, 0.2) is 0 Å². The fourth-order valence-electron chi connectivity index (χ4n) is 3.17. The molecule has 2 heterocycles. The number of phenols is 1. The van der Waals surface area contributed by atoms with Gasteiger partial charge in [0.25, 0.3) is 0 Å². The number of hydrogen-bond donors (Lipinski definition) is 2. The van der Waals surface area contributed by atoms with E-state index in [0.29, 0.717) is 12.3 Å². The van der Waals surface area contributed by atoms with Crippen LogP contribution in [0.4, 0.5) is 0 Å². The molecular weight excluding hydrogens is 346 g/mol. The number of pyridine rings is 1. The highest BCUT2D eigenvalue weighted by molar-refractivity contribution is 8.00. The molecule has 1 fully saturated rings. The predicted molar refractivity (Wildman–Crippen MR) is 104 cm³/mol. The number of aromatic nitrogens is 1. The van der Waals surface area contributed by atoms with Gasteiger partial charge in [0.2, 0.25) is 5.91 Å². The number of thioether (sulfide) groups is 1. The Morgan fingerprint density at radius 2 is 2.04 bits per heavy atom. The van der Waals surface area contributed by atoms with Crippen LogP contribution in [0.3, 0.4) is 0 Å². The van der Waals surface area contributed by atoms with Crippen LogP contribution in [0.25, 0.3) is 0 Å². The number of carbonyl (C=O) groups is 1. The van der Waals surface area contributed by atoms with Crippen molar-refractivity contribution in [3.05, 3.63) is 54.4 Å². The number of aromatic hydroxyl groups is 1. The zero-order valence-electron chi connectivity index (χ0n) is 14.8. The molecule has 5 nitrogen and oxygen atoms in total. The molecule has 1 atom stereocenters. The van der Waals surface area contributed by atoms with Crippen LogP contribution in [0.2, 0.25) is 0 Å². The first-order chi connectivity index (χ1) is 12.7. The Bertz CT molecular complexity index is 686. The Morgan fingerprint density at radius 3 is 2.81 bits per heavy atom. The molecule has 2 aromatic rings. The fourth-order valence-corrected chi connectivity index (χ4v) is 3.95. The average molecular weight is 372 g/mol. The molecule has 1 aliphatic heterocycles. The summed E-state index contributed by atoms with van der Waals surface area (Å²) in [5.41, 5.74) is 0.924. The van der Waals surface area contributed by atoms with Crippen LogP contribution in [0.1, 0.15) is 25.0 Å². The van der Waals surface area contributed by atoms with Gasteiger partial charge in [0.05, 0.1) is 18.0 Å². The molecule has 0 radical (unpaired) electrons. The highest BCUT2D eigenvalue weighted by Gasteiger charge is 2.25. The molecule has 2 N–H and O–H groups in total. The van der Waals surface area contributed by atoms with E-state index in [1.54, 1.807) is 18.3 Å². The van der Waals surface area contributed by atoms with E-state index in [4.69, 9.17) is 0 Å². The van der Waals surface area contributed by atoms with Crippen molar-refractivity contribution >= 4 is 17.7 Å². The third-order valence-corrected chi connectivity index (χ3v) is 5.56. The SMILES string of the molecule is O=C(CSc1ccc(O)cc1)N(Cc1ccccn1)C1CCCNCC1. The largest absolute Gasteiger partial charge is 0.508 e. The molecule has 26 heavy (non-hydrogen) atoms. The Kier molecular flexibility index (Phi) is 6.91. The van der Waals surface area contributed by atoms with Crippen LogP contribution in [-0.4, -0.2) is 45.8 Å². The monoisotopic (exact) mass is 371 g/mol. The van der Waals surface area contributed by atoms with Crippen LogP contribution < -0.4 is 5.32 Å². The molecule has 138 valence electrons. The van der Waals surface area contributed by atoms with Crippen molar-refractivity contribution in [2.75, 3.05) is 18.8 Å². The molecule has 0 aliphatic carbocycles. The lowest BCUT2D eigenvalue weighted by molar-refractivity contribution is -0.131. The molecular formula is C20H25N3O2S. The number of phenolic OH excluding ortho intramolecular Hbond substituents is 1. The topological polar surface area (TPSA) is 65.5 Å². The van der Waals surface area contributed by atoms with Crippen LogP contribution in [0.5, 0.6) is 5.75 Å². The van der Waals surface area contributed by atoms with Gasteiger partial charge >= 0.3 is 0 Å². The van der Waals surface area contributed by atoms with Crippen molar-refractivity contribution in [2.24, 2.45) is 0 Å². The van der Waals surface area contributed by atoms with E-state index in [0.717, 1.165) is 42.9 Å². The first-order valence-electron chi connectivity index (χ1n) is 9.04. The summed E-state index contributed by atoms with van der Waals surface area (Å²) >= 11 is 1.51. The molecule has 1 saturated heterocycles. The summed E-state index contributed by atoms with van der Waals surface area (Å²) in [5, 5.41) is 12.8. The third kappa shape index (κ3) is 5.47. The van der Waals surface area contributed by atoms with Gasteiger partial charge in [0.1, 0.15) is 5.75 Å². The van der Waals surface area contributed by atoms with E-state index < -0.39 is 0 Å². The number of nitrogens with zero attached hydrogens (tertiary/aromatic N) is 2. The second-order valence-electron chi connectivity index (χ2n) is 6.46. The minimum Gasteiger partial charge on any atom is -0.508 e. The molecule has 1 aromatic heterocycles. The number of nitrogens with one attached hydrogen (secondary N) is 1. The summed E-state index contributed by atoms with van der Waals surface area (Å²) in [4.78, 5) is 20.4. The summed E-state index contributed by atoms with van der Waals surface area (Å²) in [5.74, 6) is 0.769. The van der Waals surface area contributed by atoms with E-state index in [1.807, 2.05) is 35.2 Å². The third-order valence-electron chi connectivity index (χ3n) is 4.56. The van der Waals surface area contributed by atoms with Crippen LogP contribution in [-0.2, 0) is 11.3 Å². The maximum absolute atomic E-state index is 13.0. The second-order valence-corrected chi connectivity index (χ2v) is 7.51. The average Bonchev–Trinajstić information content (AvgIpc) is 2.95. The smallest absolute Gasteiger partial charge is 0.233 e. The van der Waals surface area contributed by atoms with Crippen molar-refractivity contribution < 1.29 is 9.90 Å². The molecule has 0 saturated carbocycles. The van der Waals surface area contributed by atoms with Crippen LogP contribution >= 0.6 is 11.8 Å². The molecule has 6 heteroatoms. The van der Waals surface area contributed by atoms with Gasteiger partial charge in [-0.05, 0) is 68.8 Å². The summed E-state index contributed by atoms with van der Waals surface area (Å²) in [6.45, 7) is 2.52. The van der Waals surface area contributed by atoms with Gasteiger partial charge in [-0.25, -0.2) is 0 Å². The molecule has 0 bridgehead atoms. The summed E-state index contributed by atoms with van der Waals surface area (Å²) in [6, 6.07) is 13.1. The summed E-state index contributed by atoms with van der Waals surface area (Å²) < 4.78 is 0. The van der Waals surface area contributed by atoms with Gasteiger partial charge in [-0.2, -0.15) is 0 Å². The Morgan fingerprint density at radius 1 is 1.19 bits per heavy atom. The van der Waals surface area contributed by atoms with Gasteiger partial charge in [-0.1, -0.05) is 6.07 Å². The minimum atomic E-state index is 0.139. The van der Waals surface area contributed by atoms with Crippen molar-refractivity contribution in [1.82, 2.24) is 15.2 Å². The van der Waals surface area contributed by atoms with Crippen molar-refractivity contribution in [1.29, 1.82) is 0 Å². The Labute approximate surface area is 158 Å².